The van der Waals surface area contributed by atoms with Gasteiger partial charge in [-0.3, -0.25) is 20.4 Å². The molecule has 0 aromatic heterocycles. The van der Waals surface area contributed by atoms with E-state index >= 15 is 0 Å². The van der Waals surface area contributed by atoms with Gasteiger partial charge in [0.1, 0.15) is 24.3 Å². The molecule has 2 aromatic carbocycles. The van der Waals surface area contributed by atoms with Gasteiger partial charge in [0, 0.05) is 6.42 Å². The molecular formula is C25H32N4O6. The standard InChI is InChI=1S/C25H32N4O6/c1-17(26-24(33)35-25(2,3)4)21(30)28-29-22(31)20(15-18-11-7-5-8-12-18)27-23(32)34-16-19-13-9-6-10-14-19/h5-14,17,20H,15-16H2,1-4H3,(H,26,33)(H,27,32)(H,28,30)(H,29,31)/t17?,20-/m0/s1. The molecule has 1 unspecified atom stereocenters. The number of amides is 4. The number of hydrazine groups is 1. The van der Waals surface area contributed by atoms with Crippen LogP contribution in [0.4, 0.5) is 9.59 Å². The minimum Gasteiger partial charge on any atom is -0.445 e. The number of carbonyl (C=O) groups excluding carboxylic acids is 4. The Labute approximate surface area is 204 Å². The molecule has 35 heavy (non-hydrogen) atoms. The predicted octanol–water partition coefficient (Wildman–Crippen LogP) is 2.58. The van der Waals surface area contributed by atoms with E-state index in [1.807, 2.05) is 60.7 Å². The largest absolute Gasteiger partial charge is 0.445 e. The average Bonchev–Trinajstić information content (AvgIpc) is 2.80. The minimum absolute atomic E-state index is 0.0386. The van der Waals surface area contributed by atoms with E-state index in [0.29, 0.717) is 0 Å². The van der Waals surface area contributed by atoms with Gasteiger partial charge in [-0.05, 0) is 38.8 Å². The molecule has 0 saturated heterocycles. The summed E-state index contributed by atoms with van der Waals surface area (Å²) >= 11 is 0. The maximum atomic E-state index is 12.8. The fraction of sp³-hybridized carbons (Fsp3) is 0.360. The van der Waals surface area contributed by atoms with Gasteiger partial charge in [0.2, 0.25) is 0 Å². The molecule has 0 radical (unpaired) electrons. The Kier molecular flexibility index (Phi) is 10.1. The van der Waals surface area contributed by atoms with Gasteiger partial charge >= 0.3 is 12.2 Å². The van der Waals surface area contributed by atoms with E-state index in [0.717, 1.165) is 11.1 Å². The summed E-state index contributed by atoms with van der Waals surface area (Å²) in [6.45, 7) is 6.57. The maximum Gasteiger partial charge on any atom is 0.408 e. The second kappa shape index (κ2) is 13.0. The van der Waals surface area contributed by atoms with Crippen molar-refractivity contribution < 1.29 is 28.7 Å². The van der Waals surface area contributed by atoms with Crippen LogP contribution in [0.1, 0.15) is 38.8 Å². The lowest BCUT2D eigenvalue weighted by molar-refractivity contribution is -0.130. The van der Waals surface area contributed by atoms with Crippen LogP contribution >= 0.6 is 0 Å². The van der Waals surface area contributed by atoms with Gasteiger partial charge in [-0.25, -0.2) is 9.59 Å². The van der Waals surface area contributed by atoms with Gasteiger partial charge in [-0.1, -0.05) is 60.7 Å². The molecule has 4 N–H and O–H groups in total. The number of ether oxygens (including phenoxy) is 2. The fourth-order valence-electron chi connectivity index (χ4n) is 2.83. The van der Waals surface area contributed by atoms with Crippen LogP contribution in [0.25, 0.3) is 0 Å². The summed E-state index contributed by atoms with van der Waals surface area (Å²) in [4.78, 5) is 49.3. The van der Waals surface area contributed by atoms with Crippen molar-refractivity contribution >= 4 is 24.0 Å². The summed E-state index contributed by atoms with van der Waals surface area (Å²) in [5.74, 6) is -1.34. The summed E-state index contributed by atoms with van der Waals surface area (Å²) in [5, 5.41) is 4.91. The normalized spacial score (nSPS) is 12.5. The molecule has 188 valence electrons. The molecule has 2 atom stereocenters. The quantitative estimate of drug-likeness (QED) is 0.426. The number of carbonyl (C=O) groups is 4. The van der Waals surface area contributed by atoms with Crippen molar-refractivity contribution in [3.8, 4) is 0 Å². The molecule has 2 rings (SSSR count). The molecule has 10 heteroatoms. The van der Waals surface area contributed by atoms with Crippen molar-refractivity contribution in [1.82, 2.24) is 21.5 Å². The van der Waals surface area contributed by atoms with E-state index in [1.54, 1.807) is 20.8 Å². The second-order valence-corrected chi connectivity index (χ2v) is 8.79. The first-order valence-corrected chi connectivity index (χ1v) is 11.1. The van der Waals surface area contributed by atoms with Crippen molar-refractivity contribution in [2.75, 3.05) is 0 Å². The Morgan fingerprint density at radius 3 is 1.89 bits per heavy atom. The first kappa shape index (κ1) is 27.2. The van der Waals surface area contributed by atoms with Gasteiger partial charge < -0.3 is 20.1 Å². The molecule has 0 fully saturated rings. The second-order valence-electron chi connectivity index (χ2n) is 8.79. The number of hydrogen-bond acceptors (Lipinski definition) is 6. The fourth-order valence-corrected chi connectivity index (χ4v) is 2.83. The van der Waals surface area contributed by atoms with Crippen LogP contribution in [-0.4, -0.2) is 41.7 Å². The molecule has 0 aliphatic heterocycles. The minimum atomic E-state index is -1.03. The van der Waals surface area contributed by atoms with Crippen molar-refractivity contribution in [3.63, 3.8) is 0 Å². The Morgan fingerprint density at radius 2 is 1.31 bits per heavy atom. The van der Waals surface area contributed by atoms with Crippen LogP contribution in [0.5, 0.6) is 0 Å². The van der Waals surface area contributed by atoms with Gasteiger partial charge in [-0.15, -0.1) is 0 Å². The highest BCUT2D eigenvalue weighted by molar-refractivity contribution is 5.90. The van der Waals surface area contributed by atoms with E-state index in [4.69, 9.17) is 9.47 Å². The molecule has 0 aliphatic carbocycles. The number of rotatable bonds is 8. The first-order valence-electron chi connectivity index (χ1n) is 11.1. The lowest BCUT2D eigenvalue weighted by Crippen LogP contribution is -2.56. The van der Waals surface area contributed by atoms with E-state index in [1.165, 1.54) is 6.92 Å². The third-order valence-electron chi connectivity index (χ3n) is 4.54. The average molecular weight is 485 g/mol. The number of nitrogens with one attached hydrogen (secondary N) is 4. The monoisotopic (exact) mass is 484 g/mol. The van der Waals surface area contributed by atoms with Gasteiger partial charge in [0.15, 0.2) is 0 Å². The lowest BCUT2D eigenvalue weighted by atomic mass is 10.1. The topological polar surface area (TPSA) is 135 Å². The zero-order valence-electron chi connectivity index (χ0n) is 20.3. The predicted molar refractivity (Wildman–Crippen MR) is 129 cm³/mol. The van der Waals surface area contributed by atoms with Crippen molar-refractivity contribution in [1.29, 1.82) is 0 Å². The molecular weight excluding hydrogens is 452 g/mol. The Hall–Kier alpha value is -4.08. The molecule has 2 aromatic rings. The van der Waals surface area contributed by atoms with Crippen LogP contribution in [-0.2, 0) is 32.1 Å². The summed E-state index contributed by atoms with van der Waals surface area (Å²) in [7, 11) is 0. The summed E-state index contributed by atoms with van der Waals surface area (Å²) < 4.78 is 10.3. The van der Waals surface area contributed by atoms with Gasteiger partial charge in [0.25, 0.3) is 11.8 Å². The SMILES string of the molecule is CC(NC(=O)OC(C)(C)C)C(=O)NNC(=O)[C@H](Cc1ccccc1)NC(=O)OCc1ccccc1. The molecule has 0 bridgehead atoms. The van der Waals surface area contributed by atoms with Crippen LogP contribution in [0.15, 0.2) is 60.7 Å². The third-order valence-corrected chi connectivity index (χ3v) is 4.54. The molecule has 0 heterocycles. The number of benzene rings is 2. The zero-order chi connectivity index (χ0) is 25.8. The molecule has 0 aliphatic rings. The summed E-state index contributed by atoms with van der Waals surface area (Å²) in [5.41, 5.74) is 5.40. The van der Waals surface area contributed by atoms with Crippen molar-refractivity contribution in [2.45, 2.75) is 58.4 Å². The number of alkyl carbamates (subject to hydrolysis) is 2. The highest BCUT2D eigenvalue weighted by atomic mass is 16.6. The molecule has 10 nitrogen and oxygen atoms in total. The summed E-state index contributed by atoms with van der Waals surface area (Å²) in [6.07, 6.45) is -1.39. The highest BCUT2D eigenvalue weighted by Crippen LogP contribution is 2.07. The zero-order valence-corrected chi connectivity index (χ0v) is 20.3. The molecule has 4 amide bonds. The van der Waals surface area contributed by atoms with Crippen LogP contribution in [0, 0.1) is 0 Å². The van der Waals surface area contributed by atoms with Crippen LogP contribution in [0.2, 0.25) is 0 Å². The lowest BCUT2D eigenvalue weighted by Gasteiger charge is -2.22. The smallest absolute Gasteiger partial charge is 0.408 e. The maximum absolute atomic E-state index is 12.8. The van der Waals surface area contributed by atoms with Gasteiger partial charge in [0.05, 0.1) is 0 Å². The Morgan fingerprint density at radius 1 is 0.771 bits per heavy atom. The van der Waals surface area contributed by atoms with Crippen LogP contribution in [0.3, 0.4) is 0 Å². The van der Waals surface area contributed by atoms with E-state index in [-0.39, 0.29) is 13.0 Å². The highest BCUT2D eigenvalue weighted by Gasteiger charge is 2.25. The molecule has 0 spiro atoms. The third kappa shape index (κ3) is 10.6. The van der Waals surface area contributed by atoms with E-state index in [2.05, 4.69) is 21.5 Å². The first-order chi connectivity index (χ1) is 16.5. The number of hydrogen-bond donors (Lipinski definition) is 4. The van der Waals surface area contributed by atoms with E-state index in [9.17, 15) is 19.2 Å². The molecule has 0 saturated carbocycles. The van der Waals surface area contributed by atoms with Crippen molar-refractivity contribution in [2.24, 2.45) is 0 Å². The summed E-state index contributed by atoms with van der Waals surface area (Å²) in [6, 6.07) is 16.2. The van der Waals surface area contributed by atoms with Crippen molar-refractivity contribution in [3.05, 3.63) is 71.8 Å². The van der Waals surface area contributed by atoms with Crippen LogP contribution < -0.4 is 21.5 Å². The van der Waals surface area contributed by atoms with E-state index < -0.39 is 41.7 Å². The Bertz CT molecular complexity index is 992. The van der Waals surface area contributed by atoms with Gasteiger partial charge in [-0.2, -0.15) is 0 Å². The Balaban J connectivity index is 1.93.